The maximum Gasteiger partial charge on any atom is 0.407 e. The van der Waals surface area contributed by atoms with E-state index in [1.165, 1.54) is 36.5 Å². The average Bonchev–Trinajstić information content (AvgIpc) is 3.17. The highest BCUT2D eigenvalue weighted by Gasteiger charge is 2.45. The second-order valence-electron chi connectivity index (χ2n) is 7.70. The number of rotatable bonds is 7. The summed E-state index contributed by atoms with van der Waals surface area (Å²) in [5.41, 5.74) is -0.435. The first kappa shape index (κ1) is 23.3. The smallest absolute Gasteiger partial charge is 0.407 e. The van der Waals surface area contributed by atoms with Gasteiger partial charge >= 0.3 is 12.1 Å². The largest absolute Gasteiger partial charge is 0.467 e. The van der Waals surface area contributed by atoms with Crippen LogP contribution in [0.2, 0.25) is 0 Å². The van der Waals surface area contributed by atoms with Gasteiger partial charge in [0.2, 0.25) is 0 Å². The Morgan fingerprint density at radius 2 is 1.62 bits per heavy atom. The summed E-state index contributed by atoms with van der Waals surface area (Å²) in [6, 6.07) is 15.1. The van der Waals surface area contributed by atoms with Crippen LogP contribution in [0.3, 0.4) is 0 Å². The van der Waals surface area contributed by atoms with Gasteiger partial charge in [-0.15, -0.1) is 0 Å². The number of hydrogen-bond donors (Lipinski definition) is 1. The van der Waals surface area contributed by atoms with Crippen LogP contribution in [-0.4, -0.2) is 44.2 Å². The maximum atomic E-state index is 13.4. The van der Waals surface area contributed by atoms with Gasteiger partial charge in [0, 0.05) is 18.0 Å². The van der Waals surface area contributed by atoms with Crippen LogP contribution in [0.25, 0.3) is 10.9 Å². The number of nitrogens with one attached hydrogen (secondary N) is 1. The summed E-state index contributed by atoms with van der Waals surface area (Å²) in [4.78, 5) is 25.1. The van der Waals surface area contributed by atoms with Gasteiger partial charge < -0.3 is 14.8 Å². The lowest BCUT2D eigenvalue weighted by atomic mass is 9.80. The monoisotopic (exact) mass is 458 g/mol. The molecule has 2 aromatic carbocycles. The minimum atomic E-state index is -3.89. The fourth-order valence-corrected chi connectivity index (χ4v) is 5.14. The van der Waals surface area contributed by atoms with Gasteiger partial charge in [0.1, 0.15) is 5.54 Å². The van der Waals surface area contributed by atoms with E-state index in [2.05, 4.69) is 5.32 Å². The van der Waals surface area contributed by atoms with Gasteiger partial charge in [0.25, 0.3) is 10.0 Å². The molecule has 0 aliphatic rings. The van der Waals surface area contributed by atoms with Crippen molar-refractivity contribution in [3.63, 3.8) is 0 Å². The minimum absolute atomic E-state index is 0.00423. The number of amides is 1. The summed E-state index contributed by atoms with van der Waals surface area (Å²) in [5.74, 6) is -1.04. The lowest BCUT2D eigenvalue weighted by Gasteiger charge is -2.35. The van der Waals surface area contributed by atoms with Crippen LogP contribution in [0, 0.1) is 5.92 Å². The van der Waals surface area contributed by atoms with Crippen molar-refractivity contribution in [3.8, 4) is 0 Å². The Bertz CT molecular complexity index is 1230. The molecule has 0 fully saturated rings. The zero-order valence-corrected chi connectivity index (χ0v) is 19.2. The molecule has 1 N–H and O–H groups in total. The van der Waals surface area contributed by atoms with Crippen LogP contribution in [0.5, 0.6) is 0 Å². The highest BCUT2D eigenvalue weighted by Crippen LogP contribution is 2.32. The quantitative estimate of drug-likeness (QED) is 0.545. The standard InChI is InChI=1S/C23H26N2O6S/c1-16(2)23(21(26)30-3,24-22(27)31-4)14-17-15-25(20-13-9-8-12-19(17)20)32(28,29)18-10-6-5-7-11-18/h5-13,15-16H,14H2,1-4H3,(H,24,27)/t23-/m0/s1. The normalized spacial score (nSPS) is 13.5. The Morgan fingerprint density at radius 3 is 2.22 bits per heavy atom. The molecule has 9 heteroatoms. The molecule has 0 unspecified atom stereocenters. The van der Waals surface area contributed by atoms with Crippen LogP contribution < -0.4 is 5.32 Å². The van der Waals surface area contributed by atoms with E-state index >= 15 is 0 Å². The third kappa shape index (κ3) is 4.08. The van der Waals surface area contributed by atoms with E-state index in [4.69, 9.17) is 9.47 Å². The predicted octanol–water partition coefficient (Wildman–Crippen LogP) is 3.34. The Labute approximate surface area is 187 Å². The summed E-state index contributed by atoms with van der Waals surface area (Å²) in [6.07, 6.45) is 0.709. The fraction of sp³-hybridized carbons (Fsp3) is 0.304. The highest BCUT2D eigenvalue weighted by atomic mass is 32.2. The molecule has 3 aromatic rings. The van der Waals surface area contributed by atoms with Crippen LogP contribution >= 0.6 is 0 Å². The van der Waals surface area contributed by atoms with Gasteiger partial charge in [0.05, 0.1) is 24.6 Å². The molecule has 1 amide bonds. The number of alkyl carbamates (subject to hydrolysis) is 1. The third-order valence-corrected chi connectivity index (χ3v) is 7.26. The third-order valence-electron chi connectivity index (χ3n) is 5.58. The van der Waals surface area contributed by atoms with Gasteiger partial charge in [-0.1, -0.05) is 50.2 Å². The molecule has 32 heavy (non-hydrogen) atoms. The van der Waals surface area contributed by atoms with Crippen LogP contribution in [0.1, 0.15) is 19.4 Å². The van der Waals surface area contributed by atoms with Gasteiger partial charge in [-0.05, 0) is 29.7 Å². The Hall–Kier alpha value is -3.33. The van der Waals surface area contributed by atoms with Gasteiger partial charge in [-0.2, -0.15) is 0 Å². The second-order valence-corrected chi connectivity index (χ2v) is 9.51. The molecule has 0 aliphatic carbocycles. The average molecular weight is 459 g/mol. The van der Waals surface area contributed by atoms with Crippen molar-refractivity contribution in [2.45, 2.75) is 30.7 Å². The lowest BCUT2D eigenvalue weighted by molar-refractivity contribution is -0.150. The van der Waals surface area contributed by atoms with Gasteiger partial charge in [-0.3, -0.25) is 0 Å². The zero-order chi connectivity index (χ0) is 23.5. The van der Waals surface area contributed by atoms with Crippen LogP contribution in [-0.2, 0) is 30.7 Å². The molecule has 1 atom stereocenters. The van der Waals surface area contributed by atoms with Crippen molar-refractivity contribution >= 4 is 33.0 Å². The first-order chi connectivity index (χ1) is 15.2. The van der Waals surface area contributed by atoms with E-state index in [1.807, 2.05) is 0 Å². The summed E-state index contributed by atoms with van der Waals surface area (Å²) in [7, 11) is -1.44. The first-order valence-corrected chi connectivity index (χ1v) is 11.5. The zero-order valence-electron chi connectivity index (χ0n) is 18.4. The van der Waals surface area contributed by atoms with Crippen molar-refractivity contribution in [1.29, 1.82) is 0 Å². The SMILES string of the molecule is COC(=O)N[C@](Cc1cn(S(=O)(=O)c2ccccc2)c2ccccc12)(C(=O)OC)C(C)C. The second kappa shape index (κ2) is 9.04. The molecule has 170 valence electrons. The molecule has 3 rings (SSSR count). The van der Waals surface area contributed by atoms with Crippen molar-refractivity contribution in [2.75, 3.05) is 14.2 Å². The highest BCUT2D eigenvalue weighted by molar-refractivity contribution is 7.90. The van der Waals surface area contributed by atoms with E-state index in [1.54, 1.807) is 56.3 Å². The number of carbonyl (C=O) groups excluding carboxylic acids is 2. The first-order valence-electron chi connectivity index (χ1n) is 10.0. The number of esters is 1. The molecule has 0 aliphatic heterocycles. The number of para-hydroxylation sites is 1. The minimum Gasteiger partial charge on any atom is -0.467 e. The van der Waals surface area contributed by atoms with Gasteiger partial charge in [-0.25, -0.2) is 22.0 Å². The Kier molecular flexibility index (Phi) is 6.59. The van der Waals surface area contributed by atoms with Crippen molar-refractivity contribution in [1.82, 2.24) is 9.29 Å². The number of aromatic nitrogens is 1. The molecule has 0 saturated carbocycles. The molecule has 1 aromatic heterocycles. The topological polar surface area (TPSA) is 104 Å². The number of hydrogen-bond acceptors (Lipinski definition) is 6. The molecular formula is C23H26N2O6S. The molecule has 8 nitrogen and oxygen atoms in total. The van der Waals surface area contributed by atoms with E-state index in [0.29, 0.717) is 16.5 Å². The maximum absolute atomic E-state index is 13.4. The summed E-state index contributed by atoms with van der Waals surface area (Å²) >= 11 is 0. The lowest BCUT2D eigenvalue weighted by Crippen LogP contribution is -2.60. The molecule has 0 radical (unpaired) electrons. The number of fused-ring (bicyclic) bond motifs is 1. The molecule has 0 bridgehead atoms. The van der Waals surface area contributed by atoms with Gasteiger partial charge in [0.15, 0.2) is 0 Å². The number of methoxy groups -OCH3 is 2. The number of benzene rings is 2. The molecule has 0 spiro atoms. The van der Waals surface area contributed by atoms with Crippen molar-refractivity contribution in [3.05, 3.63) is 66.4 Å². The van der Waals surface area contributed by atoms with E-state index < -0.39 is 27.6 Å². The number of nitrogens with zero attached hydrogens (tertiary/aromatic N) is 1. The van der Waals surface area contributed by atoms with E-state index in [-0.39, 0.29) is 17.2 Å². The van der Waals surface area contributed by atoms with Crippen LogP contribution in [0.15, 0.2) is 65.7 Å². The molecular weight excluding hydrogens is 432 g/mol. The predicted molar refractivity (Wildman–Crippen MR) is 120 cm³/mol. The number of ether oxygens (including phenoxy) is 2. The Morgan fingerprint density at radius 1 is 1.00 bits per heavy atom. The summed E-state index contributed by atoms with van der Waals surface area (Å²) in [5, 5.41) is 3.27. The summed E-state index contributed by atoms with van der Waals surface area (Å²) in [6.45, 7) is 3.54. The molecule has 1 heterocycles. The number of carbonyl (C=O) groups is 2. The van der Waals surface area contributed by atoms with E-state index in [9.17, 15) is 18.0 Å². The van der Waals surface area contributed by atoms with Crippen molar-refractivity contribution < 1.29 is 27.5 Å². The Balaban J connectivity index is 2.21. The summed E-state index contributed by atoms with van der Waals surface area (Å²) < 4.78 is 37.7. The van der Waals surface area contributed by atoms with Crippen LogP contribution in [0.4, 0.5) is 4.79 Å². The van der Waals surface area contributed by atoms with Crippen molar-refractivity contribution in [2.24, 2.45) is 5.92 Å². The van der Waals surface area contributed by atoms with E-state index in [0.717, 1.165) is 0 Å². The fourth-order valence-electron chi connectivity index (χ4n) is 3.73. The molecule has 0 saturated heterocycles.